The van der Waals surface area contributed by atoms with Crippen molar-refractivity contribution < 1.29 is 17.6 Å². The lowest BCUT2D eigenvalue weighted by Gasteiger charge is -2.32. The summed E-state index contributed by atoms with van der Waals surface area (Å²) in [6.07, 6.45) is 0.308. The van der Waals surface area contributed by atoms with E-state index in [1.54, 1.807) is 4.90 Å². The molecule has 1 nitrogen and oxygen atoms in total. The highest BCUT2D eigenvalue weighted by atomic mass is 79.9. The van der Waals surface area contributed by atoms with Crippen molar-refractivity contribution in [3.8, 4) is 0 Å². The van der Waals surface area contributed by atoms with Gasteiger partial charge in [-0.2, -0.15) is 0 Å². The summed E-state index contributed by atoms with van der Waals surface area (Å²) in [5, 5.41) is 0. The maximum absolute atomic E-state index is 13.2. The predicted molar refractivity (Wildman–Crippen MR) is 63.5 cm³/mol. The summed E-state index contributed by atoms with van der Waals surface area (Å²) >= 11 is 2.90. The lowest BCUT2D eigenvalue weighted by molar-refractivity contribution is -0.0661. The minimum Gasteiger partial charge on any atom is -0.293 e. The van der Waals surface area contributed by atoms with Crippen molar-refractivity contribution in [1.82, 2.24) is 4.90 Å². The molecule has 1 aliphatic heterocycles. The zero-order chi connectivity index (χ0) is 13.3. The van der Waals surface area contributed by atoms with Crippen LogP contribution in [0.25, 0.3) is 0 Å². The number of rotatable bonds is 2. The molecule has 0 aromatic heterocycles. The summed E-state index contributed by atoms with van der Waals surface area (Å²) in [6.45, 7) is 0.418. The van der Waals surface area contributed by atoms with Crippen LogP contribution in [-0.2, 0) is 6.54 Å². The fourth-order valence-corrected chi connectivity index (χ4v) is 2.62. The van der Waals surface area contributed by atoms with E-state index in [-0.39, 0.29) is 24.0 Å². The van der Waals surface area contributed by atoms with Crippen LogP contribution in [0.5, 0.6) is 0 Å². The fourth-order valence-electron chi connectivity index (χ4n) is 2.14. The lowest BCUT2D eigenvalue weighted by atomic mass is 10.1. The van der Waals surface area contributed by atoms with E-state index in [0.29, 0.717) is 18.5 Å². The van der Waals surface area contributed by atoms with Gasteiger partial charge in [0.2, 0.25) is 0 Å². The molecule has 18 heavy (non-hydrogen) atoms. The Bertz CT molecular complexity index is 427. The van der Waals surface area contributed by atoms with Crippen molar-refractivity contribution in [3.63, 3.8) is 0 Å². The fraction of sp³-hybridized carbons (Fsp3) is 0.500. The van der Waals surface area contributed by atoms with Gasteiger partial charge in [-0.15, -0.1) is 0 Å². The van der Waals surface area contributed by atoms with Crippen LogP contribution >= 0.6 is 15.9 Å². The third-order valence-electron chi connectivity index (χ3n) is 2.92. The highest BCUT2D eigenvalue weighted by Crippen LogP contribution is 2.28. The summed E-state index contributed by atoms with van der Waals surface area (Å²) in [7, 11) is 0. The summed E-state index contributed by atoms with van der Waals surface area (Å²) in [5.74, 6) is -4.61. The van der Waals surface area contributed by atoms with E-state index in [1.807, 2.05) is 0 Å². The number of likely N-dealkylation sites (tertiary alicyclic amines) is 1. The second-order valence-electron chi connectivity index (χ2n) is 4.54. The van der Waals surface area contributed by atoms with Gasteiger partial charge in [-0.1, -0.05) is 0 Å². The quantitative estimate of drug-likeness (QED) is 0.587. The number of hydrogen-bond donors (Lipinski definition) is 0. The van der Waals surface area contributed by atoms with Gasteiger partial charge in [-0.25, -0.2) is 17.6 Å². The van der Waals surface area contributed by atoms with E-state index < -0.39 is 17.6 Å². The van der Waals surface area contributed by atoms with E-state index in [0.717, 1.165) is 6.07 Å². The lowest BCUT2D eigenvalue weighted by Crippen LogP contribution is -2.42. The number of benzene rings is 1. The van der Waals surface area contributed by atoms with Gasteiger partial charge >= 0.3 is 0 Å². The van der Waals surface area contributed by atoms with Crippen LogP contribution in [0.15, 0.2) is 16.6 Å². The van der Waals surface area contributed by atoms with Crippen LogP contribution in [0, 0.1) is 11.6 Å². The second kappa shape index (κ2) is 5.17. The molecule has 1 heterocycles. The third-order valence-corrected chi connectivity index (χ3v) is 3.50. The van der Waals surface area contributed by atoms with Gasteiger partial charge in [0.1, 0.15) is 0 Å². The van der Waals surface area contributed by atoms with Gasteiger partial charge in [-0.3, -0.25) is 4.90 Å². The monoisotopic (exact) mass is 325 g/mol. The van der Waals surface area contributed by atoms with Gasteiger partial charge in [0.25, 0.3) is 5.92 Å². The summed E-state index contributed by atoms with van der Waals surface area (Å²) in [5.41, 5.74) is 0.485. The molecule has 100 valence electrons. The van der Waals surface area contributed by atoms with Crippen LogP contribution in [0.3, 0.4) is 0 Å². The molecule has 1 aromatic rings. The average molecular weight is 326 g/mol. The van der Waals surface area contributed by atoms with Crippen molar-refractivity contribution >= 4 is 15.9 Å². The third kappa shape index (κ3) is 3.23. The number of piperidine rings is 1. The number of hydrogen-bond acceptors (Lipinski definition) is 1. The Kier molecular flexibility index (Phi) is 3.96. The second-order valence-corrected chi connectivity index (χ2v) is 5.40. The molecule has 1 aliphatic rings. The van der Waals surface area contributed by atoms with Gasteiger partial charge < -0.3 is 0 Å². The number of nitrogens with zero attached hydrogens (tertiary/aromatic N) is 1. The molecule has 0 spiro atoms. The van der Waals surface area contributed by atoms with E-state index in [4.69, 9.17) is 0 Å². The SMILES string of the molecule is Fc1cc(CN2CCCC(F)(F)C2)cc(Br)c1F. The Hall–Kier alpha value is -0.620. The van der Waals surface area contributed by atoms with Gasteiger partial charge in [-0.05, 0) is 46.6 Å². The van der Waals surface area contributed by atoms with Gasteiger partial charge in [0.15, 0.2) is 11.6 Å². The first kappa shape index (κ1) is 13.8. The Labute approximate surface area is 111 Å². The zero-order valence-corrected chi connectivity index (χ0v) is 11.1. The van der Waals surface area contributed by atoms with Crippen molar-refractivity contribution in [2.45, 2.75) is 25.3 Å². The van der Waals surface area contributed by atoms with Crippen LogP contribution in [0.2, 0.25) is 0 Å². The summed E-state index contributed by atoms with van der Waals surface area (Å²) < 4.78 is 52.6. The average Bonchev–Trinajstić information content (AvgIpc) is 2.24. The summed E-state index contributed by atoms with van der Waals surface area (Å²) in [6, 6.07) is 2.47. The molecule has 0 atom stereocenters. The molecule has 0 unspecified atom stereocenters. The molecule has 0 saturated carbocycles. The van der Waals surface area contributed by atoms with Crippen molar-refractivity contribution in [2.24, 2.45) is 0 Å². The first-order chi connectivity index (χ1) is 8.37. The zero-order valence-electron chi connectivity index (χ0n) is 9.53. The largest absolute Gasteiger partial charge is 0.293 e. The summed E-state index contributed by atoms with van der Waals surface area (Å²) in [4.78, 5) is 1.56. The van der Waals surface area contributed by atoms with E-state index in [2.05, 4.69) is 15.9 Å². The molecule has 0 radical (unpaired) electrons. The Morgan fingerprint density at radius 3 is 2.61 bits per heavy atom. The van der Waals surface area contributed by atoms with Crippen LogP contribution < -0.4 is 0 Å². The number of alkyl halides is 2. The first-order valence-corrected chi connectivity index (χ1v) is 6.40. The van der Waals surface area contributed by atoms with E-state index in [9.17, 15) is 17.6 Å². The molecule has 0 amide bonds. The minimum atomic E-state index is -2.69. The van der Waals surface area contributed by atoms with Crippen molar-refractivity contribution in [1.29, 1.82) is 0 Å². The van der Waals surface area contributed by atoms with Crippen LogP contribution in [0.4, 0.5) is 17.6 Å². The molecular weight excluding hydrogens is 314 g/mol. The highest BCUT2D eigenvalue weighted by molar-refractivity contribution is 9.10. The molecule has 6 heteroatoms. The molecular formula is C12H12BrF4N. The number of halogens is 5. The van der Waals surface area contributed by atoms with Crippen LogP contribution in [-0.4, -0.2) is 23.9 Å². The van der Waals surface area contributed by atoms with Gasteiger partial charge in [0.05, 0.1) is 11.0 Å². The molecule has 0 N–H and O–H groups in total. The molecule has 1 fully saturated rings. The molecule has 0 aliphatic carbocycles. The normalized spacial score (nSPS) is 20.1. The van der Waals surface area contributed by atoms with Gasteiger partial charge in [0, 0.05) is 13.0 Å². The molecule has 1 aromatic carbocycles. The Balaban J connectivity index is 2.10. The molecule has 0 bridgehead atoms. The topological polar surface area (TPSA) is 3.24 Å². The standard InChI is InChI=1S/C12H12BrF4N/c13-9-4-8(5-10(14)11(9)15)6-18-3-1-2-12(16,17)7-18/h4-5H,1-3,6-7H2. The van der Waals surface area contributed by atoms with Crippen molar-refractivity contribution in [2.75, 3.05) is 13.1 Å². The Morgan fingerprint density at radius 2 is 2.00 bits per heavy atom. The van der Waals surface area contributed by atoms with Crippen molar-refractivity contribution in [3.05, 3.63) is 33.8 Å². The molecule has 1 saturated heterocycles. The first-order valence-electron chi connectivity index (χ1n) is 5.61. The molecule has 2 rings (SSSR count). The minimum absolute atomic E-state index is 0.0151. The van der Waals surface area contributed by atoms with E-state index >= 15 is 0 Å². The Morgan fingerprint density at radius 1 is 1.28 bits per heavy atom. The maximum atomic E-state index is 13.2. The smallest absolute Gasteiger partial charge is 0.260 e. The van der Waals surface area contributed by atoms with E-state index in [1.165, 1.54) is 6.07 Å². The maximum Gasteiger partial charge on any atom is 0.260 e. The highest BCUT2D eigenvalue weighted by Gasteiger charge is 2.34. The van der Waals surface area contributed by atoms with Crippen LogP contribution in [0.1, 0.15) is 18.4 Å². The predicted octanol–water partition coefficient (Wildman–Crippen LogP) is 3.96.